The maximum absolute atomic E-state index is 8.84. The van der Waals surface area contributed by atoms with Gasteiger partial charge in [0.25, 0.3) is 0 Å². The average Bonchev–Trinajstić information content (AvgIpc) is 2.32. The lowest BCUT2D eigenvalue weighted by molar-refractivity contribution is 0.242. The van der Waals surface area contributed by atoms with Gasteiger partial charge in [-0.25, -0.2) is 0 Å². The number of anilines is 1. The van der Waals surface area contributed by atoms with Crippen LogP contribution in [0.1, 0.15) is 27.2 Å². The van der Waals surface area contributed by atoms with Gasteiger partial charge in [0, 0.05) is 12.2 Å². The summed E-state index contributed by atoms with van der Waals surface area (Å²) in [6.07, 6.45) is 1.06. The molecule has 3 heteroatoms. The molecule has 0 saturated heterocycles. The van der Waals surface area contributed by atoms with Crippen LogP contribution in [0.5, 0.6) is 5.75 Å². The third kappa shape index (κ3) is 4.78. The van der Waals surface area contributed by atoms with Crippen molar-refractivity contribution in [2.24, 2.45) is 5.92 Å². The van der Waals surface area contributed by atoms with Crippen LogP contribution in [0.4, 0.5) is 5.69 Å². The minimum absolute atomic E-state index is 0.0709. The summed E-state index contributed by atoms with van der Waals surface area (Å²) in [5.41, 5.74) is 1.02. The summed E-state index contributed by atoms with van der Waals surface area (Å²) in [6, 6.07) is 10.1. The van der Waals surface area contributed by atoms with Crippen molar-refractivity contribution < 1.29 is 4.74 Å². The van der Waals surface area contributed by atoms with Crippen molar-refractivity contribution in [1.82, 2.24) is 0 Å². The summed E-state index contributed by atoms with van der Waals surface area (Å²) in [4.78, 5) is 0. The predicted molar refractivity (Wildman–Crippen MR) is 70.1 cm³/mol. The van der Waals surface area contributed by atoms with Crippen LogP contribution >= 0.6 is 0 Å². The van der Waals surface area contributed by atoms with Gasteiger partial charge >= 0.3 is 0 Å². The van der Waals surface area contributed by atoms with Crippen LogP contribution in [0.25, 0.3) is 0 Å². The Morgan fingerprint density at radius 2 is 1.94 bits per heavy atom. The molecule has 0 aliphatic rings. The molecule has 0 heterocycles. The lowest BCUT2D eigenvalue weighted by Gasteiger charge is -2.12. The van der Waals surface area contributed by atoms with Crippen LogP contribution in [-0.4, -0.2) is 12.6 Å². The van der Waals surface area contributed by atoms with Crippen molar-refractivity contribution in [1.29, 1.82) is 5.26 Å². The first-order valence-electron chi connectivity index (χ1n) is 6.06. The standard InChI is InChI=1S/C14H20N2O/c1-4-12(9-15)10-16-13-5-7-14(8-6-13)17-11(2)3/h5-8,11-12,16H,4,10H2,1-3H3. The van der Waals surface area contributed by atoms with Crippen LogP contribution in [-0.2, 0) is 0 Å². The fourth-order valence-corrected chi connectivity index (χ4v) is 1.45. The van der Waals surface area contributed by atoms with Crippen molar-refractivity contribution in [3.8, 4) is 11.8 Å². The molecule has 0 amide bonds. The van der Waals surface area contributed by atoms with Crippen LogP contribution in [0, 0.1) is 17.2 Å². The van der Waals surface area contributed by atoms with E-state index in [1.54, 1.807) is 0 Å². The van der Waals surface area contributed by atoms with E-state index in [-0.39, 0.29) is 12.0 Å². The molecule has 0 fully saturated rings. The minimum atomic E-state index is 0.0709. The van der Waals surface area contributed by atoms with Crippen LogP contribution < -0.4 is 10.1 Å². The van der Waals surface area contributed by atoms with Crippen LogP contribution in [0.3, 0.4) is 0 Å². The van der Waals surface area contributed by atoms with E-state index in [4.69, 9.17) is 10.00 Å². The Labute approximate surface area is 103 Å². The second kappa shape index (κ2) is 6.80. The Kier molecular flexibility index (Phi) is 5.35. The molecule has 3 nitrogen and oxygen atoms in total. The lowest BCUT2D eigenvalue weighted by atomic mass is 10.1. The van der Waals surface area contributed by atoms with E-state index in [2.05, 4.69) is 11.4 Å². The molecular weight excluding hydrogens is 212 g/mol. The topological polar surface area (TPSA) is 45.0 Å². The fourth-order valence-electron chi connectivity index (χ4n) is 1.45. The summed E-state index contributed by atoms with van der Waals surface area (Å²) < 4.78 is 5.56. The Balaban J connectivity index is 2.48. The van der Waals surface area contributed by atoms with Crippen molar-refractivity contribution >= 4 is 5.69 Å². The molecule has 0 saturated carbocycles. The fraction of sp³-hybridized carbons (Fsp3) is 0.500. The first kappa shape index (κ1) is 13.4. The van der Waals surface area contributed by atoms with Gasteiger partial charge in [-0.15, -0.1) is 0 Å². The van der Waals surface area contributed by atoms with E-state index in [1.165, 1.54) is 0 Å². The summed E-state index contributed by atoms with van der Waals surface area (Å²) in [5, 5.41) is 12.1. The minimum Gasteiger partial charge on any atom is -0.491 e. The highest BCUT2D eigenvalue weighted by Crippen LogP contribution is 2.17. The van der Waals surface area contributed by atoms with Gasteiger partial charge in [-0.3, -0.25) is 0 Å². The number of ether oxygens (including phenoxy) is 1. The first-order chi connectivity index (χ1) is 8.15. The maximum Gasteiger partial charge on any atom is 0.119 e. The third-order valence-corrected chi connectivity index (χ3v) is 2.45. The van der Waals surface area contributed by atoms with Crippen molar-refractivity contribution in [2.45, 2.75) is 33.3 Å². The summed E-state index contributed by atoms with van der Waals surface area (Å²) in [6.45, 7) is 6.72. The molecule has 0 bridgehead atoms. The lowest BCUT2D eigenvalue weighted by Crippen LogP contribution is -2.11. The molecule has 0 aromatic heterocycles. The summed E-state index contributed by atoms with van der Waals surface area (Å²) >= 11 is 0. The van der Waals surface area contributed by atoms with E-state index in [1.807, 2.05) is 45.0 Å². The largest absolute Gasteiger partial charge is 0.491 e. The van der Waals surface area contributed by atoms with Gasteiger partial charge in [0.2, 0.25) is 0 Å². The highest BCUT2D eigenvalue weighted by atomic mass is 16.5. The molecule has 0 spiro atoms. The van der Waals surface area contributed by atoms with Gasteiger partial charge < -0.3 is 10.1 Å². The molecule has 0 aliphatic carbocycles. The third-order valence-electron chi connectivity index (χ3n) is 2.45. The van der Waals surface area contributed by atoms with E-state index >= 15 is 0 Å². The zero-order chi connectivity index (χ0) is 12.7. The Morgan fingerprint density at radius 1 is 1.29 bits per heavy atom. The number of nitriles is 1. The molecule has 1 N–H and O–H groups in total. The number of nitrogens with zero attached hydrogens (tertiary/aromatic N) is 1. The van der Waals surface area contributed by atoms with Gasteiger partial charge in [-0.05, 0) is 44.5 Å². The molecule has 1 atom stereocenters. The average molecular weight is 232 g/mol. The zero-order valence-electron chi connectivity index (χ0n) is 10.7. The molecular formula is C14H20N2O. The molecule has 1 unspecified atom stereocenters. The van der Waals surface area contributed by atoms with E-state index in [0.29, 0.717) is 6.54 Å². The van der Waals surface area contributed by atoms with Crippen LogP contribution in [0.15, 0.2) is 24.3 Å². The molecule has 0 aliphatic heterocycles. The smallest absolute Gasteiger partial charge is 0.119 e. The Hall–Kier alpha value is -1.69. The van der Waals surface area contributed by atoms with Gasteiger partial charge in [0.05, 0.1) is 18.1 Å². The van der Waals surface area contributed by atoms with Gasteiger partial charge in [-0.1, -0.05) is 6.92 Å². The molecule has 17 heavy (non-hydrogen) atoms. The number of hydrogen-bond donors (Lipinski definition) is 1. The van der Waals surface area contributed by atoms with E-state index in [0.717, 1.165) is 17.9 Å². The van der Waals surface area contributed by atoms with Crippen molar-refractivity contribution in [2.75, 3.05) is 11.9 Å². The molecule has 1 aromatic rings. The number of benzene rings is 1. The highest BCUT2D eigenvalue weighted by Gasteiger charge is 2.03. The summed E-state index contributed by atoms with van der Waals surface area (Å²) in [5.74, 6) is 0.944. The van der Waals surface area contributed by atoms with Gasteiger partial charge in [0.1, 0.15) is 5.75 Å². The zero-order valence-corrected chi connectivity index (χ0v) is 10.7. The second-order valence-corrected chi connectivity index (χ2v) is 4.31. The first-order valence-corrected chi connectivity index (χ1v) is 6.06. The van der Waals surface area contributed by atoms with Crippen molar-refractivity contribution in [3.05, 3.63) is 24.3 Å². The SMILES string of the molecule is CCC(C#N)CNc1ccc(OC(C)C)cc1. The molecule has 92 valence electrons. The van der Waals surface area contributed by atoms with Crippen molar-refractivity contribution in [3.63, 3.8) is 0 Å². The number of hydrogen-bond acceptors (Lipinski definition) is 3. The van der Waals surface area contributed by atoms with E-state index in [9.17, 15) is 0 Å². The maximum atomic E-state index is 8.84. The Bertz CT molecular complexity index is 365. The normalized spacial score (nSPS) is 11.9. The molecule has 0 radical (unpaired) electrons. The Morgan fingerprint density at radius 3 is 2.41 bits per heavy atom. The monoisotopic (exact) mass is 232 g/mol. The number of nitrogens with one attached hydrogen (secondary N) is 1. The predicted octanol–water partition coefficient (Wildman–Crippen LogP) is 3.44. The second-order valence-electron chi connectivity index (χ2n) is 4.31. The quantitative estimate of drug-likeness (QED) is 0.817. The van der Waals surface area contributed by atoms with Gasteiger partial charge in [-0.2, -0.15) is 5.26 Å². The highest BCUT2D eigenvalue weighted by molar-refractivity contribution is 5.46. The van der Waals surface area contributed by atoms with Gasteiger partial charge in [0.15, 0.2) is 0 Å². The molecule has 1 rings (SSSR count). The molecule has 1 aromatic carbocycles. The number of rotatable bonds is 6. The van der Waals surface area contributed by atoms with E-state index < -0.39 is 0 Å². The summed E-state index contributed by atoms with van der Waals surface area (Å²) in [7, 11) is 0. The van der Waals surface area contributed by atoms with Crippen LogP contribution in [0.2, 0.25) is 0 Å².